The fraction of sp³-hybridized carbons (Fsp3) is 0.478. The van der Waals surface area contributed by atoms with Crippen molar-refractivity contribution in [3.63, 3.8) is 0 Å². The van der Waals surface area contributed by atoms with Crippen LogP contribution in [0.5, 0.6) is 5.75 Å². The highest BCUT2D eigenvalue weighted by Gasteiger charge is 2.19. The molecule has 0 saturated carbocycles. The summed E-state index contributed by atoms with van der Waals surface area (Å²) >= 11 is 6.08. The van der Waals surface area contributed by atoms with Crippen molar-refractivity contribution in [2.45, 2.75) is 32.8 Å². The number of halogens is 1. The molecule has 1 saturated heterocycles. The van der Waals surface area contributed by atoms with E-state index < -0.39 is 0 Å². The summed E-state index contributed by atoms with van der Waals surface area (Å²) < 4.78 is 11.9. The molecule has 0 bridgehead atoms. The number of benzene rings is 2. The molecule has 0 spiro atoms. The number of nitrogens with one attached hydrogen (secondary N) is 1. The van der Waals surface area contributed by atoms with E-state index in [4.69, 9.17) is 21.1 Å². The molecular weight excluding hydrogens is 372 g/mol. The lowest BCUT2D eigenvalue weighted by Crippen LogP contribution is -2.36. The summed E-state index contributed by atoms with van der Waals surface area (Å²) in [5.41, 5.74) is 2.36. The van der Waals surface area contributed by atoms with Crippen molar-refractivity contribution in [1.29, 1.82) is 0 Å². The van der Waals surface area contributed by atoms with Gasteiger partial charge in [-0.3, -0.25) is 0 Å². The second-order valence-electron chi connectivity index (χ2n) is 6.61. The lowest BCUT2D eigenvalue weighted by molar-refractivity contribution is 0.0210. The van der Waals surface area contributed by atoms with Crippen LogP contribution in [0.4, 0.5) is 5.69 Å². The molecule has 1 aliphatic heterocycles. The summed E-state index contributed by atoms with van der Waals surface area (Å²) in [7, 11) is 1.91. The lowest BCUT2D eigenvalue weighted by atomic mass is 10.1. The molecule has 1 heterocycles. The van der Waals surface area contributed by atoms with E-state index >= 15 is 0 Å². The second-order valence-corrected chi connectivity index (χ2v) is 7.05. The SMILES string of the molecule is CC.CNc1ccc(OCC2CN(CCc3cccc(Cl)c3)CCCO2)cc1. The molecule has 2 aromatic carbocycles. The fourth-order valence-corrected chi connectivity index (χ4v) is 3.37. The van der Waals surface area contributed by atoms with E-state index in [1.54, 1.807) is 0 Å². The standard InChI is InChI=1S/C21H27ClN2O2.C2H6/c1-23-19-6-8-20(9-7-19)26-16-21-15-24(11-3-13-25-21)12-10-17-4-2-5-18(22)14-17;1-2/h2,4-9,14,21,23H,3,10-13,15-16H2,1H3;1-2H3. The van der Waals surface area contributed by atoms with Crippen LogP contribution in [0.2, 0.25) is 5.02 Å². The van der Waals surface area contributed by atoms with E-state index in [1.165, 1.54) is 5.56 Å². The summed E-state index contributed by atoms with van der Waals surface area (Å²) in [6.45, 7) is 8.34. The summed E-state index contributed by atoms with van der Waals surface area (Å²) in [5, 5.41) is 3.91. The second kappa shape index (κ2) is 12.7. The average Bonchev–Trinajstić information content (AvgIpc) is 2.98. The van der Waals surface area contributed by atoms with Gasteiger partial charge in [-0.15, -0.1) is 0 Å². The number of rotatable bonds is 7. The Morgan fingerprint density at radius 2 is 1.96 bits per heavy atom. The summed E-state index contributed by atoms with van der Waals surface area (Å²) in [5.74, 6) is 0.877. The van der Waals surface area contributed by atoms with Crippen LogP contribution in [0.25, 0.3) is 0 Å². The van der Waals surface area contributed by atoms with Crippen molar-refractivity contribution < 1.29 is 9.47 Å². The van der Waals surface area contributed by atoms with Gasteiger partial charge < -0.3 is 19.7 Å². The average molecular weight is 405 g/mol. The molecule has 1 unspecified atom stereocenters. The van der Waals surface area contributed by atoms with E-state index in [1.807, 2.05) is 63.4 Å². The van der Waals surface area contributed by atoms with Gasteiger partial charge in [-0.05, 0) is 54.8 Å². The molecule has 154 valence electrons. The zero-order chi connectivity index (χ0) is 20.2. The predicted molar refractivity (Wildman–Crippen MR) is 119 cm³/mol. The predicted octanol–water partition coefficient (Wildman–Crippen LogP) is 5.12. The highest BCUT2D eigenvalue weighted by molar-refractivity contribution is 6.30. The number of ether oxygens (including phenoxy) is 2. The summed E-state index contributed by atoms with van der Waals surface area (Å²) in [6.07, 6.45) is 2.16. The molecule has 5 heteroatoms. The molecule has 0 amide bonds. The Morgan fingerprint density at radius 3 is 2.68 bits per heavy atom. The molecule has 1 N–H and O–H groups in total. The van der Waals surface area contributed by atoms with Crippen molar-refractivity contribution in [1.82, 2.24) is 4.90 Å². The number of nitrogens with zero attached hydrogens (tertiary/aromatic N) is 1. The maximum atomic E-state index is 6.08. The van der Waals surface area contributed by atoms with Crippen LogP contribution in [0, 0.1) is 0 Å². The smallest absolute Gasteiger partial charge is 0.119 e. The van der Waals surface area contributed by atoms with Crippen LogP contribution in [0.1, 0.15) is 25.8 Å². The minimum Gasteiger partial charge on any atom is -0.491 e. The van der Waals surface area contributed by atoms with Gasteiger partial charge in [0.1, 0.15) is 18.5 Å². The molecule has 1 atom stereocenters. The van der Waals surface area contributed by atoms with Gasteiger partial charge in [0.15, 0.2) is 0 Å². The molecule has 3 rings (SSSR count). The first kappa shape index (κ1) is 22.5. The monoisotopic (exact) mass is 404 g/mol. The lowest BCUT2D eigenvalue weighted by Gasteiger charge is -2.24. The maximum Gasteiger partial charge on any atom is 0.119 e. The molecular formula is C23H33ClN2O2. The number of hydrogen-bond donors (Lipinski definition) is 1. The largest absolute Gasteiger partial charge is 0.491 e. The van der Waals surface area contributed by atoms with Gasteiger partial charge >= 0.3 is 0 Å². The van der Waals surface area contributed by atoms with Gasteiger partial charge in [-0.25, -0.2) is 0 Å². The van der Waals surface area contributed by atoms with Crippen molar-refractivity contribution >= 4 is 17.3 Å². The van der Waals surface area contributed by atoms with Crippen LogP contribution >= 0.6 is 11.6 Å². The van der Waals surface area contributed by atoms with Gasteiger partial charge in [0, 0.05) is 44.0 Å². The Balaban J connectivity index is 0.00000136. The van der Waals surface area contributed by atoms with Crippen molar-refractivity contribution in [2.24, 2.45) is 0 Å². The first-order valence-corrected chi connectivity index (χ1v) is 10.6. The van der Waals surface area contributed by atoms with Gasteiger partial charge in [0.25, 0.3) is 0 Å². The molecule has 0 aromatic heterocycles. The first-order valence-electron chi connectivity index (χ1n) is 10.2. The minimum absolute atomic E-state index is 0.0980. The fourth-order valence-electron chi connectivity index (χ4n) is 3.16. The molecule has 2 aromatic rings. The Kier molecular flexibility index (Phi) is 10.2. The Bertz CT molecular complexity index is 679. The van der Waals surface area contributed by atoms with Gasteiger partial charge in [0.05, 0.1) is 0 Å². The van der Waals surface area contributed by atoms with Gasteiger partial charge in [0.2, 0.25) is 0 Å². The zero-order valence-corrected chi connectivity index (χ0v) is 18.0. The van der Waals surface area contributed by atoms with E-state index in [0.717, 1.165) is 55.5 Å². The molecule has 1 fully saturated rings. The van der Waals surface area contributed by atoms with Crippen molar-refractivity contribution in [2.75, 3.05) is 45.2 Å². The minimum atomic E-state index is 0.0980. The summed E-state index contributed by atoms with van der Waals surface area (Å²) in [6, 6.07) is 16.1. The van der Waals surface area contributed by atoms with Crippen molar-refractivity contribution in [3.05, 3.63) is 59.1 Å². The van der Waals surface area contributed by atoms with Crippen LogP contribution < -0.4 is 10.1 Å². The third-order valence-electron chi connectivity index (χ3n) is 4.62. The third kappa shape index (κ3) is 7.70. The Morgan fingerprint density at radius 1 is 1.18 bits per heavy atom. The molecule has 28 heavy (non-hydrogen) atoms. The third-order valence-corrected chi connectivity index (χ3v) is 4.85. The molecule has 0 radical (unpaired) electrons. The normalized spacial score (nSPS) is 17.2. The van der Waals surface area contributed by atoms with Crippen LogP contribution in [-0.2, 0) is 11.2 Å². The highest BCUT2D eigenvalue weighted by atomic mass is 35.5. The zero-order valence-electron chi connectivity index (χ0n) is 17.3. The Hall–Kier alpha value is -1.75. The summed E-state index contributed by atoms with van der Waals surface area (Å²) in [4.78, 5) is 2.46. The molecule has 4 nitrogen and oxygen atoms in total. The quantitative estimate of drug-likeness (QED) is 0.694. The van der Waals surface area contributed by atoms with E-state index in [9.17, 15) is 0 Å². The van der Waals surface area contributed by atoms with E-state index in [2.05, 4.69) is 16.3 Å². The van der Waals surface area contributed by atoms with Crippen LogP contribution in [0.15, 0.2) is 48.5 Å². The van der Waals surface area contributed by atoms with E-state index in [0.29, 0.717) is 6.61 Å². The number of hydrogen-bond acceptors (Lipinski definition) is 4. The molecule has 0 aliphatic carbocycles. The highest BCUT2D eigenvalue weighted by Crippen LogP contribution is 2.17. The van der Waals surface area contributed by atoms with Gasteiger partial charge in [-0.2, -0.15) is 0 Å². The van der Waals surface area contributed by atoms with Gasteiger partial charge in [-0.1, -0.05) is 37.6 Å². The maximum absolute atomic E-state index is 6.08. The number of anilines is 1. The first-order chi connectivity index (χ1) is 13.7. The van der Waals surface area contributed by atoms with E-state index in [-0.39, 0.29) is 6.10 Å². The van der Waals surface area contributed by atoms with Crippen molar-refractivity contribution in [3.8, 4) is 5.75 Å². The van der Waals surface area contributed by atoms with Crippen LogP contribution in [0.3, 0.4) is 0 Å². The Labute approximate surface area is 174 Å². The topological polar surface area (TPSA) is 33.7 Å². The van der Waals surface area contributed by atoms with Crippen LogP contribution in [-0.4, -0.2) is 50.9 Å². The molecule has 1 aliphatic rings.